The highest BCUT2D eigenvalue weighted by atomic mass is 14.8. The van der Waals surface area contributed by atoms with Crippen LogP contribution in [0.25, 0.3) is 0 Å². The van der Waals surface area contributed by atoms with Gasteiger partial charge in [-0.05, 0) is 82.2 Å². The van der Waals surface area contributed by atoms with Crippen molar-refractivity contribution in [3.05, 3.63) is 34.9 Å². The molecule has 1 aliphatic carbocycles. The second kappa shape index (κ2) is 6.53. The molecule has 0 saturated carbocycles. The van der Waals surface area contributed by atoms with E-state index in [0.717, 1.165) is 32.4 Å². The first-order valence-corrected chi connectivity index (χ1v) is 7.65. The summed E-state index contributed by atoms with van der Waals surface area (Å²) in [4.78, 5) is 0. The summed E-state index contributed by atoms with van der Waals surface area (Å²) < 4.78 is 0. The molecule has 3 N–H and O–H groups in total. The van der Waals surface area contributed by atoms with E-state index in [1.807, 2.05) is 0 Å². The van der Waals surface area contributed by atoms with E-state index in [1.165, 1.54) is 24.8 Å². The number of hydrogen-bond donors (Lipinski definition) is 2. The molecule has 0 aromatic heterocycles. The molecule has 106 valence electrons. The van der Waals surface area contributed by atoms with Crippen LogP contribution in [0.1, 0.15) is 49.8 Å². The summed E-state index contributed by atoms with van der Waals surface area (Å²) in [6, 6.07) is 7.04. The normalized spacial score (nSPS) is 14.7. The maximum atomic E-state index is 5.97. The Kier molecular flexibility index (Phi) is 5.00. The zero-order valence-electron chi connectivity index (χ0n) is 12.5. The molecule has 0 unspecified atom stereocenters. The molecule has 0 heterocycles. The standard InChI is InChI=1S/C17H28N2/c1-17(2,18)10-4-11-19-12-9-14-7-8-15-5-3-6-16(15)13-14/h7-8,13,19H,3-6,9-12,18H2,1-2H3. The van der Waals surface area contributed by atoms with Gasteiger partial charge in [0.2, 0.25) is 0 Å². The van der Waals surface area contributed by atoms with Crippen molar-refractivity contribution in [3.8, 4) is 0 Å². The maximum Gasteiger partial charge on any atom is 0.00975 e. The number of aryl methyl sites for hydroxylation is 2. The van der Waals surface area contributed by atoms with Crippen LogP contribution in [0.4, 0.5) is 0 Å². The van der Waals surface area contributed by atoms with Gasteiger partial charge in [0.05, 0.1) is 0 Å². The minimum atomic E-state index is -0.0261. The molecule has 1 aromatic rings. The van der Waals surface area contributed by atoms with Crippen molar-refractivity contribution in [2.75, 3.05) is 13.1 Å². The minimum absolute atomic E-state index is 0.0261. The highest BCUT2D eigenvalue weighted by Crippen LogP contribution is 2.22. The Labute approximate surface area is 117 Å². The van der Waals surface area contributed by atoms with Gasteiger partial charge in [-0.3, -0.25) is 0 Å². The lowest BCUT2D eigenvalue weighted by molar-refractivity contribution is 0.449. The van der Waals surface area contributed by atoms with E-state index in [1.54, 1.807) is 11.1 Å². The zero-order chi connectivity index (χ0) is 13.7. The summed E-state index contributed by atoms with van der Waals surface area (Å²) in [7, 11) is 0. The van der Waals surface area contributed by atoms with E-state index in [4.69, 9.17) is 5.73 Å². The number of fused-ring (bicyclic) bond motifs is 1. The lowest BCUT2D eigenvalue weighted by Crippen LogP contribution is -2.33. The van der Waals surface area contributed by atoms with Crippen molar-refractivity contribution in [2.24, 2.45) is 5.73 Å². The van der Waals surface area contributed by atoms with Crippen molar-refractivity contribution in [1.82, 2.24) is 5.32 Å². The van der Waals surface area contributed by atoms with Crippen LogP contribution in [0, 0.1) is 0 Å². The predicted octanol–water partition coefficient (Wildman–Crippen LogP) is 2.82. The first-order chi connectivity index (χ1) is 9.04. The Morgan fingerprint density at radius 3 is 2.74 bits per heavy atom. The lowest BCUT2D eigenvalue weighted by Gasteiger charge is -2.18. The van der Waals surface area contributed by atoms with Gasteiger partial charge in [0.25, 0.3) is 0 Å². The third kappa shape index (κ3) is 4.96. The number of nitrogens with one attached hydrogen (secondary N) is 1. The largest absolute Gasteiger partial charge is 0.326 e. The third-order valence-electron chi connectivity index (χ3n) is 3.93. The van der Waals surface area contributed by atoms with Gasteiger partial charge in [0, 0.05) is 5.54 Å². The fourth-order valence-electron chi connectivity index (χ4n) is 2.81. The fourth-order valence-corrected chi connectivity index (χ4v) is 2.81. The quantitative estimate of drug-likeness (QED) is 0.740. The number of rotatable bonds is 7. The summed E-state index contributed by atoms with van der Waals surface area (Å²) in [6.45, 7) is 6.34. The molecule has 0 amide bonds. The molecule has 2 nitrogen and oxygen atoms in total. The van der Waals surface area contributed by atoms with Gasteiger partial charge in [-0.15, -0.1) is 0 Å². The van der Waals surface area contributed by atoms with Crippen LogP contribution in [0.2, 0.25) is 0 Å². The van der Waals surface area contributed by atoms with E-state index in [9.17, 15) is 0 Å². The van der Waals surface area contributed by atoms with Crippen molar-refractivity contribution >= 4 is 0 Å². The molecule has 0 saturated heterocycles. The maximum absolute atomic E-state index is 5.97. The van der Waals surface area contributed by atoms with Crippen LogP contribution < -0.4 is 11.1 Å². The average Bonchev–Trinajstić information content (AvgIpc) is 2.79. The van der Waals surface area contributed by atoms with Gasteiger partial charge >= 0.3 is 0 Å². The molecular weight excluding hydrogens is 232 g/mol. The Hall–Kier alpha value is -0.860. The van der Waals surface area contributed by atoms with E-state index >= 15 is 0 Å². The molecule has 1 aromatic carbocycles. The summed E-state index contributed by atoms with van der Waals surface area (Å²) in [5.74, 6) is 0. The van der Waals surface area contributed by atoms with Crippen molar-refractivity contribution in [3.63, 3.8) is 0 Å². The highest BCUT2D eigenvalue weighted by molar-refractivity contribution is 5.35. The molecule has 0 fully saturated rings. The predicted molar refractivity (Wildman–Crippen MR) is 82.5 cm³/mol. The monoisotopic (exact) mass is 260 g/mol. The van der Waals surface area contributed by atoms with E-state index in [0.29, 0.717) is 0 Å². The molecule has 2 heteroatoms. The molecule has 0 atom stereocenters. The topological polar surface area (TPSA) is 38.0 Å². The number of hydrogen-bond acceptors (Lipinski definition) is 2. The van der Waals surface area contributed by atoms with Gasteiger partial charge in [-0.1, -0.05) is 18.2 Å². The Bertz CT molecular complexity index is 404. The minimum Gasteiger partial charge on any atom is -0.326 e. The molecule has 0 bridgehead atoms. The Morgan fingerprint density at radius 2 is 1.95 bits per heavy atom. The highest BCUT2D eigenvalue weighted by Gasteiger charge is 2.11. The smallest absolute Gasteiger partial charge is 0.00975 e. The van der Waals surface area contributed by atoms with Crippen LogP contribution in [0.3, 0.4) is 0 Å². The second-order valence-electron chi connectivity index (χ2n) is 6.55. The van der Waals surface area contributed by atoms with Crippen LogP contribution in [-0.2, 0) is 19.3 Å². The summed E-state index contributed by atoms with van der Waals surface area (Å²) in [6.07, 6.45) is 7.28. The number of benzene rings is 1. The van der Waals surface area contributed by atoms with E-state index in [2.05, 4.69) is 37.4 Å². The molecule has 1 aliphatic rings. The average molecular weight is 260 g/mol. The first-order valence-electron chi connectivity index (χ1n) is 7.65. The van der Waals surface area contributed by atoms with Crippen molar-refractivity contribution < 1.29 is 0 Å². The molecular formula is C17H28N2. The van der Waals surface area contributed by atoms with Gasteiger partial charge in [-0.2, -0.15) is 0 Å². The van der Waals surface area contributed by atoms with Crippen LogP contribution in [0.15, 0.2) is 18.2 Å². The van der Waals surface area contributed by atoms with E-state index < -0.39 is 0 Å². The Morgan fingerprint density at radius 1 is 1.16 bits per heavy atom. The molecule has 0 spiro atoms. The summed E-state index contributed by atoms with van der Waals surface area (Å²) >= 11 is 0. The SMILES string of the molecule is CC(C)(N)CCCNCCc1ccc2c(c1)CCC2. The lowest BCUT2D eigenvalue weighted by atomic mass is 10.0. The van der Waals surface area contributed by atoms with Crippen molar-refractivity contribution in [1.29, 1.82) is 0 Å². The summed E-state index contributed by atoms with van der Waals surface area (Å²) in [5.41, 5.74) is 10.6. The Balaban J connectivity index is 1.63. The van der Waals surface area contributed by atoms with Crippen LogP contribution in [-0.4, -0.2) is 18.6 Å². The second-order valence-corrected chi connectivity index (χ2v) is 6.55. The van der Waals surface area contributed by atoms with Gasteiger partial charge in [-0.25, -0.2) is 0 Å². The third-order valence-corrected chi connectivity index (χ3v) is 3.93. The molecule has 0 aliphatic heterocycles. The zero-order valence-corrected chi connectivity index (χ0v) is 12.5. The van der Waals surface area contributed by atoms with Gasteiger partial charge < -0.3 is 11.1 Å². The molecule has 19 heavy (non-hydrogen) atoms. The molecule has 2 rings (SSSR count). The van der Waals surface area contributed by atoms with Gasteiger partial charge in [0.15, 0.2) is 0 Å². The summed E-state index contributed by atoms with van der Waals surface area (Å²) in [5, 5.41) is 3.52. The van der Waals surface area contributed by atoms with Gasteiger partial charge in [0.1, 0.15) is 0 Å². The van der Waals surface area contributed by atoms with Crippen LogP contribution in [0.5, 0.6) is 0 Å². The fraction of sp³-hybridized carbons (Fsp3) is 0.647. The van der Waals surface area contributed by atoms with Crippen molar-refractivity contribution in [2.45, 2.75) is 57.9 Å². The number of nitrogens with two attached hydrogens (primary N) is 1. The van der Waals surface area contributed by atoms with Crippen LogP contribution >= 0.6 is 0 Å². The molecule has 0 radical (unpaired) electrons. The van der Waals surface area contributed by atoms with E-state index in [-0.39, 0.29) is 5.54 Å². The first kappa shape index (κ1) is 14.5.